The normalized spacial score (nSPS) is 11.7. The summed E-state index contributed by atoms with van der Waals surface area (Å²) in [7, 11) is 0. The van der Waals surface area contributed by atoms with Gasteiger partial charge in [-0.15, -0.1) is 0 Å². The van der Waals surface area contributed by atoms with Gasteiger partial charge in [0.25, 0.3) is 5.91 Å². The molecule has 0 N–H and O–H groups in total. The fourth-order valence-corrected chi connectivity index (χ4v) is 3.55. The summed E-state index contributed by atoms with van der Waals surface area (Å²) in [5, 5.41) is 0.370. The zero-order valence-corrected chi connectivity index (χ0v) is 18.1. The number of rotatable bonds is 7. The molecule has 0 aliphatic rings. The number of hydrogen-bond donors (Lipinski definition) is 0. The highest BCUT2D eigenvalue weighted by Crippen LogP contribution is 2.16. The Hall–Kier alpha value is -4.19. The van der Waals surface area contributed by atoms with E-state index < -0.39 is 12.1 Å². The minimum absolute atomic E-state index is 0.240. The SMILES string of the molecule is CC(OC(=O)c1cc(=O)c2ccccc2o1)C(=O)N(Cc1ccccc1)Cc1ccccc1. The van der Waals surface area contributed by atoms with Crippen LogP contribution in [0, 0.1) is 0 Å². The van der Waals surface area contributed by atoms with Gasteiger partial charge < -0.3 is 14.1 Å². The van der Waals surface area contributed by atoms with E-state index in [0.29, 0.717) is 18.5 Å². The van der Waals surface area contributed by atoms with Crippen molar-refractivity contribution in [2.45, 2.75) is 26.1 Å². The van der Waals surface area contributed by atoms with Gasteiger partial charge >= 0.3 is 5.97 Å². The van der Waals surface area contributed by atoms with Crippen LogP contribution in [0.1, 0.15) is 28.6 Å². The summed E-state index contributed by atoms with van der Waals surface area (Å²) in [6, 6.07) is 26.9. The number of carbonyl (C=O) groups is 2. The number of carbonyl (C=O) groups excluding carboxylic acids is 2. The van der Waals surface area contributed by atoms with Gasteiger partial charge in [-0.2, -0.15) is 0 Å². The Labute approximate surface area is 191 Å². The number of para-hydroxylation sites is 1. The van der Waals surface area contributed by atoms with E-state index >= 15 is 0 Å². The van der Waals surface area contributed by atoms with Gasteiger partial charge in [0, 0.05) is 19.2 Å². The molecule has 0 spiro atoms. The lowest BCUT2D eigenvalue weighted by molar-refractivity contribution is -0.141. The molecule has 0 radical (unpaired) electrons. The van der Waals surface area contributed by atoms with E-state index in [9.17, 15) is 14.4 Å². The first-order chi connectivity index (χ1) is 16.0. The van der Waals surface area contributed by atoms with Crippen molar-refractivity contribution in [2.75, 3.05) is 0 Å². The highest BCUT2D eigenvalue weighted by atomic mass is 16.6. The standard InChI is InChI=1S/C27H23NO5/c1-19(32-27(31)25-16-23(29)22-14-8-9-15-24(22)33-25)26(30)28(17-20-10-4-2-5-11-20)18-21-12-6-3-7-13-21/h2-16,19H,17-18H2,1H3. The molecule has 0 fully saturated rings. The van der Waals surface area contributed by atoms with Gasteiger partial charge in [0.05, 0.1) is 5.39 Å². The summed E-state index contributed by atoms with van der Waals surface area (Å²) in [4.78, 5) is 39.9. The van der Waals surface area contributed by atoms with E-state index in [1.54, 1.807) is 29.2 Å². The maximum atomic E-state index is 13.3. The van der Waals surface area contributed by atoms with Crippen molar-refractivity contribution in [3.8, 4) is 0 Å². The Bertz CT molecular complexity index is 1270. The average molecular weight is 441 g/mol. The average Bonchev–Trinajstić information content (AvgIpc) is 2.84. The van der Waals surface area contributed by atoms with Crippen LogP contribution in [0.25, 0.3) is 11.0 Å². The van der Waals surface area contributed by atoms with E-state index in [-0.39, 0.29) is 22.7 Å². The quantitative estimate of drug-likeness (QED) is 0.393. The third-order valence-corrected chi connectivity index (χ3v) is 5.21. The van der Waals surface area contributed by atoms with Crippen molar-refractivity contribution in [3.05, 3.63) is 118 Å². The smallest absolute Gasteiger partial charge is 0.375 e. The maximum absolute atomic E-state index is 13.3. The molecule has 1 atom stereocenters. The second-order valence-electron chi connectivity index (χ2n) is 7.68. The van der Waals surface area contributed by atoms with Crippen LogP contribution >= 0.6 is 0 Å². The summed E-state index contributed by atoms with van der Waals surface area (Å²) in [6.45, 7) is 2.24. The van der Waals surface area contributed by atoms with Gasteiger partial charge in [0.2, 0.25) is 5.76 Å². The Morgan fingerprint density at radius 1 is 0.848 bits per heavy atom. The van der Waals surface area contributed by atoms with Gasteiger partial charge in [0.15, 0.2) is 11.5 Å². The predicted octanol–water partition coefficient (Wildman–Crippen LogP) is 4.57. The van der Waals surface area contributed by atoms with Crippen molar-refractivity contribution in [3.63, 3.8) is 0 Å². The number of hydrogen-bond acceptors (Lipinski definition) is 5. The van der Waals surface area contributed by atoms with E-state index in [2.05, 4.69) is 0 Å². The number of ether oxygens (including phenoxy) is 1. The number of nitrogens with zero attached hydrogens (tertiary/aromatic N) is 1. The molecule has 0 saturated carbocycles. The summed E-state index contributed by atoms with van der Waals surface area (Å²) < 4.78 is 10.9. The van der Waals surface area contributed by atoms with E-state index in [0.717, 1.165) is 17.2 Å². The van der Waals surface area contributed by atoms with Crippen LogP contribution in [0.4, 0.5) is 0 Å². The molecule has 0 aliphatic carbocycles. The van der Waals surface area contributed by atoms with Crippen LogP contribution < -0.4 is 5.43 Å². The molecule has 0 saturated heterocycles. The molecule has 4 rings (SSSR count). The molecule has 1 unspecified atom stereocenters. The van der Waals surface area contributed by atoms with Crippen LogP contribution in [0.3, 0.4) is 0 Å². The number of amides is 1. The van der Waals surface area contributed by atoms with E-state index in [1.165, 1.54) is 6.92 Å². The molecule has 0 aliphatic heterocycles. The zero-order chi connectivity index (χ0) is 23.2. The minimum atomic E-state index is -1.07. The molecule has 33 heavy (non-hydrogen) atoms. The van der Waals surface area contributed by atoms with E-state index in [1.807, 2.05) is 60.7 Å². The second kappa shape index (κ2) is 9.96. The molecule has 1 aromatic heterocycles. The van der Waals surface area contributed by atoms with Crippen molar-refractivity contribution in [1.29, 1.82) is 0 Å². The van der Waals surface area contributed by atoms with Crippen molar-refractivity contribution < 1.29 is 18.7 Å². The molecule has 6 nitrogen and oxygen atoms in total. The Balaban J connectivity index is 1.53. The molecule has 4 aromatic rings. The zero-order valence-electron chi connectivity index (χ0n) is 18.1. The van der Waals surface area contributed by atoms with Gasteiger partial charge in [-0.05, 0) is 30.2 Å². The van der Waals surface area contributed by atoms with Crippen LogP contribution in [-0.4, -0.2) is 22.9 Å². The maximum Gasteiger partial charge on any atom is 0.375 e. The molecule has 0 bridgehead atoms. The third-order valence-electron chi connectivity index (χ3n) is 5.21. The second-order valence-corrected chi connectivity index (χ2v) is 7.68. The molecule has 3 aromatic carbocycles. The lowest BCUT2D eigenvalue weighted by Crippen LogP contribution is -2.39. The third kappa shape index (κ3) is 5.36. The lowest BCUT2D eigenvalue weighted by atomic mass is 10.1. The molecular weight excluding hydrogens is 418 g/mol. The number of benzene rings is 3. The highest BCUT2D eigenvalue weighted by Gasteiger charge is 2.26. The number of esters is 1. The van der Waals surface area contributed by atoms with Gasteiger partial charge in [0.1, 0.15) is 5.58 Å². The summed E-state index contributed by atoms with van der Waals surface area (Å²) in [6.07, 6.45) is -1.07. The molecule has 6 heteroatoms. The molecule has 166 valence electrons. The topological polar surface area (TPSA) is 76.8 Å². The fraction of sp³-hybridized carbons (Fsp3) is 0.148. The largest absolute Gasteiger partial charge is 0.449 e. The Morgan fingerprint density at radius 3 is 2.00 bits per heavy atom. The molecular formula is C27H23NO5. The first-order valence-electron chi connectivity index (χ1n) is 10.6. The van der Waals surface area contributed by atoms with Crippen LogP contribution in [0.15, 0.2) is 100 Å². The summed E-state index contributed by atoms with van der Waals surface area (Å²) in [5.74, 6) is -1.45. The predicted molar refractivity (Wildman–Crippen MR) is 124 cm³/mol. The fourth-order valence-electron chi connectivity index (χ4n) is 3.55. The van der Waals surface area contributed by atoms with Crippen LogP contribution in [-0.2, 0) is 22.6 Å². The monoisotopic (exact) mass is 441 g/mol. The summed E-state index contributed by atoms with van der Waals surface area (Å²) in [5.41, 5.74) is 1.85. The van der Waals surface area contributed by atoms with Crippen molar-refractivity contribution >= 4 is 22.8 Å². The van der Waals surface area contributed by atoms with Crippen molar-refractivity contribution in [2.24, 2.45) is 0 Å². The van der Waals surface area contributed by atoms with Crippen LogP contribution in [0.2, 0.25) is 0 Å². The van der Waals surface area contributed by atoms with Crippen molar-refractivity contribution in [1.82, 2.24) is 4.90 Å². The van der Waals surface area contributed by atoms with Crippen LogP contribution in [0.5, 0.6) is 0 Å². The van der Waals surface area contributed by atoms with E-state index in [4.69, 9.17) is 9.15 Å². The molecule has 1 heterocycles. The first-order valence-corrected chi connectivity index (χ1v) is 10.6. The first kappa shape index (κ1) is 22.0. The van der Waals surface area contributed by atoms with Gasteiger partial charge in [-0.25, -0.2) is 4.79 Å². The highest BCUT2D eigenvalue weighted by molar-refractivity contribution is 5.91. The number of fused-ring (bicyclic) bond motifs is 1. The lowest BCUT2D eigenvalue weighted by Gasteiger charge is -2.26. The van der Waals surface area contributed by atoms with Gasteiger partial charge in [-0.1, -0.05) is 72.8 Å². The summed E-state index contributed by atoms with van der Waals surface area (Å²) >= 11 is 0. The van der Waals surface area contributed by atoms with Gasteiger partial charge in [-0.3, -0.25) is 9.59 Å². The minimum Gasteiger partial charge on any atom is -0.449 e. The Morgan fingerprint density at radius 2 is 1.39 bits per heavy atom. The molecule has 1 amide bonds. The Kier molecular flexibility index (Phi) is 6.64.